The van der Waals surface area contributed by atoms with Crippen LogP contribution in [-0.2, 0) is 68.7 Å². The number of aliphatic hydroxyl groups is 1. The van der Waals surface area contributed by atoms with Crippen molar-refractivity contribution in [2.24, 2.45) is 23.3 Å². The molecule has 2 heterocycles. The summed E-state index contributed by atoms with van der Waals surface area (Å²) in [4.78, 5) is 179. The number of carbonyl (C=O) groups excluding carboxylic acids is 9. The highest BCUT2D eigenvalue weighted by atomic mass is 32.2. The molecule has 0 bridgehead atoms. The predicted molar refractivity (Wildman–Crippen MR) is 391 cm³/mol. The number of carboxylic acid groups (broad SMARTS) is 4. The molecule has 3 rings (SSSR count). The molecular formula is C71H120N14O18S. The van der Waals surface area contributed by atoms with E-state index in [2.05, 4.69) is 44.1 Å². The van der Waals surface area contributed by atoms with Crippen LogP contribution in [0.15, 0.2) is 30.3 Å². The molecule has 9 atom stereocenters. The molecule has 0 saturated carbocycles. The minimum atomic E-state index is -1.65. The van der Waals surface area contributed by atoms with Crippen LogP contribution in [-0.4, -0.2) is 285 Å². The van der Waals surface area contributed by atoms with Crippen LogP contribution in [0.2, 0.25) is 0 Å². The van der Waals surface area contributed by atoms with E-state index in [-0.39, 0.29) is 136 Å². The van der Waals surface area contributed by atoms with Crippen molar-refractivity contribution in [1.29, 1.82) is 0 Å². The summed E-state index contributed by atoms with van der Waals surface area (Å²) in [7, 11) is 0. The Kier molecular flexibility index (Phi) is 44.5. The van der Waals surface area contributed by atoms with Crippen molar-refractivity contribution < 1.29 is 87.9 Å². The number of imide groups is 1. The number of carboxylic acids is 4. The quantitative estimate of drug-likeness (QED) is 0.0308. The first-order valence-corrected chi connectivity index (χ1v) is 38.0. The predicted octanol–water partition coefficient (Wildman–Crippen LogP) is 0.307. The third kappa shape index (κ3) is 38.0. The van der Waals surface area contributed by atoms with Crippen LogP contribution in [0.4, 0.5) is 0 Å². The van der Waals surface area contributed by atoms with Crippen LogP contribution in [0.3, 0.4) is 0 Å². The maximum atomic E-state index is 14.5. The number of carbonyl (C=O) groups is 13. The molecule has 2 unspecified atom stereocenters. The van der Waals surface area contributed by atoms with Crippen molar-refractivity contribution in [2.45, 2.75) is 211 Å². The molecule has 0 aromatic heterocycles. The Morgan fingerprint density at radius 2 is 1.01 bits per heavy atom. The molecule has 32 nitrogen and oxygen atoms in total. The number of rotatable bonds is 51. The van der Waals surface area contributed by atoms with Gasteiger partial charge in [-0.1, -0.05) is 141 Å². The maximum absolute atomic E-state index is 14.5. The Morgan fingerprint density at radius 3 is 1.51 bits per heavy atom. The fourth-order valence-electron chi connectivity index (χ4n) is 12.3. The Labute approximate surface area is 616 Å². The summed E-state index contributed by atoms with van der Waals surface area (Å²) in [5.74, 6) is -12.1. The van der Waals surface area contributed by atoms with E-state index < -0.39 is 137 Å². The smallest absolute Gasteiger partial charge is 0.327 e. The van der Waals surface area contributed by atoms with Gasteiger partial charge >= 0.3 is 23.9 Å². The third-order valence-corrected chi connectivity index (χ3v) is 19.5. The maximum Gasteiger partial charge on any atom is 0.327 e. The first kappa shape index (κ1) is 90.8. The molecule has 2 fully saturated rings. The standard InChI is InChI=1S/C71H120N14O18S/c1-6-7-8-9-10-11-12-13-14-15-16-18-23-49(4)39-52(73)65(96)75-42-58(87)80-64(50(5)86)69(100)78-55(40-51-24-19-17-20-25-51)68(99)77-54(38-48(2)3)67(98)76-53(26-21-22-27-72)66(97)79-56(71(102)103)47-104-57-41-60(89)85(70(57)101)29-28-74-59(88)43-81-30-32-82(44-61(90)91)34-36-84(46-63(94)95)37-35-83(33-31-81)45-62(92)93/h17,19-20,24-25,48-50,52-57,64,86H,6-16,18,21-23,26-47,72-73H2,1-5H3,(H,74,88)(H,75,96)(H,76,98)(H,77,99)(H,78,100)(H,79,97)(H,80,87)(H,90,91)(H,92,93)(H,94,95)(H,102,103)/t49?,50-,52-,53-,54-,55-,56-,57?,64-/m1/s1. The van der Waals surface area contributed by atoms with E-state index in [0.717, 1.165) is 35.9 Å². The molecule has 33 heteroatoms. The van der Waals surface area contributed by atoms with Gasteiger partial charge in [-0.2, -0.15) is 0 Å². The third-order valence-electron chi connectivity index (χ3n) is 18.2. The van der Waals surface area contributed by atoms with E-state index in [1.54, 1.807) is 63.8 Å². The highest BCUT2D eigenvalue weighted by molar-refractivity contribution is 8.00. The molecule has 1 aromatic rings. The highest BCUT2D eigenvalue weighted by Crippen LogP contribution is 2.26. The van der Waals surface area contributed by atoms with Gasteiger partial charge in [-0.25, -0.2) is 4.79 Å². The molecule has 104 heavy (non-hydrogen) atoms. The Hall–Kier alpha value is -7.40. The highest BCUT2D eigenvalue weighted by Gasteiger charge is 2.40. The van der Waals surface area contributed by atoms with Crippen LogP contribution in [0.5, 0.6) is 0 Å². The van der Waals surface area contributed by atoms with Crippen LogP contribution in [0.1, 0.15) is 162 Å². The Balaban J connectivity index is 1.64. The van der Waals surface area contributed by atoms with Gasteiger partial charge in [-0.3, -0.25) is 82.0 Å². The first-order chi connectivity index (χ1) is 49.5. The number of thioether (sulfide) groups is 1. The zero-order chi connectivity index (χ0) is 77.1. The fourth-order valence-corrected chi connectivity index (χ4v) is 13.5. The lowest BCUT2D eigenvalue weighted by atomic mass is 9.95. The van der Waals surface area contributed by atoms with Gasteiger partial charge in [0.1, 0.15) is 30.2 Å². The van der Waals surface area contributed by atoms with E-state index in [1.807, 2.05) is 6.92 Å². The molecule has 588 valence electrons. The van der Waals surface area contributed by atoms with Crippen LogP contribution in [0.25, 0.3) is 0 Å². The lowest BCUT2D eigenvalue weighted by Gasteiger charge is -2.32. The van der Waals surface area contributed by atoms with Crippen LogP contribution >= 0.6 is 11.8 Å². The second-order valence-electron chi connectivity index (χ2n) is 27.9. The van der Waals surface area contributed by atoms with Gasteiger partial charge in [0.05, 0.1) is 50.1 Å². The minimum Gasteiger partial charge on any atom is -0.480 e. The molecule has 0 aliphatic carbocycles. The van der Waals surface area contributed by atoms with E-state index in [0.29, 0.717) is 24.8 Å². The summed E-state index contributed by atoms with van der Waals surface area (Å²) in [5, 5.41) is 66.8. The lowest BCUT2D eigenvalue weighted by molar-refractivity contribution is -0.142. The molecule has 0 radical (unpaired) electrons. The van der Waals surface area contributed by atoms with Crippen molar-refractivity contribution in [3.05, 3.63) is 35.9 Å². The minimum absolute atomic E-state index is 0.0124. The number of hydrogen-bond donors (Lipinski definition) is 14. The molecule has 9 amide bonds. The summed E-state index contributed by atoms with van der Waals surface area (Å²) < 4.78 is 0. The summed E-state index contributed by atoms with van der Waals surface area (Å²) in [5.41, 5.74) is 12.6. The van der Waals surface area contributed by atoms with Crippen molar-refractivity contribution >= 4 is 88.8 Å². The first-order valence-electron chi connectivity index (χ1n) is 37.0. The molecule has 2 saturated heterocycles. The Morgan fingerprint density at radius 1 is 0.538 bits per heavy atom. The largest absolute Gasteiger partial charge is 0.480 e. The molecular weight excluding hydrogens is 1370 g/mol. The van der Waals surface area contributed by atoms with Gasteiger partial charge < -0.3 is 74.2 Å². The molecule has 1 aromatic carbocycles. The number of benzene rings is 1. The molecule has 16 N–H and O–H groups in total. The monoisotopic (exact) mass is 1490 g/mol. The van der Waals surface area contributed by atoms with Crippen molar-refractivity contribution in [2.75, 3.05) is 110 Å². The fraction of sp³-hybridized carbons (Fsp3) is 0.732. The Bertz CT molecular complexity index is 2830. The van der Waals surface area contributed by atoms with E-state index in [4.69, 9.17) is 11.5 Å². The average Bonchev–Trinajstić information content (AvgIpc) is 1.66. The number of aliphatic carboxylic acids is 4. The molecule has 0 spiro atoms. The van der Waals surface area contributed by atoms with Gasteiger partial charge in [0, 0.05) is 84.0 Å². The average molecular weight is 1490 g/mol. The summed E-state index contributed by atoms with van der Waals surface area (Å²) in [6.07, 6.45) is 14.8. The zero-order valence-electron chi connectivity index (χ0n) is 61.7. The molecule has 2 aliphatic rings. The van der Waals surface area contributed by atoms with E-state index >= 15 is 0 Å². The number of unbranched alkanes of at least 4 members (excludes halogenated alkanes) is 12. The topological polar surface area (TPSA) is 476 Å². The second-order valence-corrected chi connectivity index (χ2v) is 29.1. The van der Waals surface area contributed by atoms with Gasteiger partial charge in [-0.05, 0) is 63.0 Å². The van der Waals surface area contributed by atoms with Crippen LogP contribution in [0, 0.1) is 11.8 Å². The number of nitrogens with one attached hydrogen (secondary N) is 7. The number of nitrogens with two attached hydrogens (primary N) is 2. The van der Waals surface area contributed by atoms with Crippen molar-refractivity contribution in [3.63, 3.8) is 0 Å². The van der Waals surface area contributed by atoms with Gasteiger partial charge in [-0.15, -0.1) is 11.8 Å². The van der Waals surface area contributed by atoms with Crippen LogP contribution < -0.4 is 48.7 Å². The number of nitrogens with zero attached hydrogens (tertiary/aromatic N) is 5. The molecule has 2 aliphatic heterocycles. The second kappa shape index (κ2) is 50.9. The van der Waals surface area contributed by atoms with Gasteiger partial charge in [0.25, 0.3) is 0 Å². The number of aliphatic hydroxyl groups excluding tert-OH is 1. The number of amides is 9. The normalized spacial score (nSPS) is 17.5. The number of hydrogen-bond acceptors (Lipinski definition) is 21. The zero-order valence-corrected chi connectivity index (χ0v) is 62.5. The van der Waals surface area contributed by atoms with E-state index in [1.165, 1.54) is 71.1 Å². The SMILES string of the molecule is CCCCCCCCCCCCCCC(C)C[C@@H](N)C(=O)NCC(=O)N[C@@H](C(=O)N[C@H](Cc1ccccc1)C(=O)N[C@H](CC(C)C)C(=O)N[C@H](CCCCN)C(=O)N[C@H](CSC1CC(=O)N(CCNC(=O)CN2CCN(CC(=O)O)CCN(CC(=O)O)CCN(CC(=O)O)CC2)C1=O)C(=O)O)[C@@H](C)O. The van der Waals surface area contributed by atoms with Crippen molar-refractivity contribution in [1.82, 2.24) is 61.7 Å². The number of likely N-dealkylation sites (tertiary alicyclic amines) is 1. The summed E-state index contributed by atoms with van der Waals surface area (Å²) in [6.45, 7) is 8.39. The van der Waals surface area contributed by atoms with Gasteiger partial charge in [0.15, 0.2) is 0 Å². The summed E-state index contributed by atoms with van der Waals surface area (Å²) >= 11 is 0.803. The summed E-state index contributed by atoms with van der Waals surface area (Å²) in [6, 6.07) is 0.247. The van der Waals surface area contributed by atoms with Crippen molar-refractivity contribution in [3.8, 4) is 0 Å². The lowest BCUT2D eigenvalue weighted by Crippen LogP contribution is -2.61. The van der Waals surface area contributed by atoms with Gasteiger partial charge in [0.2, 0.25) is 53.2 Å². The van der Waals surface area contributed by atoms with E-state index in [9.17, 15) is 87.9 Å².